The maximum atomic E-state index is 12.4. The number of Topliss-reactive ketones (excluding diaryl/α,β-unsaturated/α-hetero) is 1. The third-order valence-electron chi connectivity index (χ3n) is 3.00. The second-order valence-electron chi connectivity index (χ2n) is 4.67. The van der Waals surface area contributed by atoms with Gasteiger partial charge in [-0.1, -0.05) is 0 Å². The maximum absolute atomic E-state index is 12.4. The second kappa shape index (κ2) is 5.45. The molecule has 0 aliphatic rings. The van der Waals surface area contributed by atoms with E-state index in [0.717, 1.165) is 22.5 Å². The quantitative estimate of drug-likeness (QED) is 0.663. The molecule has 0 saturated heterocycles. The molecule has 1 aromatic carbocycles. The topological polar surface area (TPSA) is 102 Å². The third-order valence-corrected chi connectivity index (χ3v) is 5.28. The Bertz CT molecular complexity index is 810. The third kappa shape index (κ3) is 3.22. The lowest BCUT2D eigenvalue weighted by atomic mass is 10.1. The normalized spacial score (nSPS) is 11.4. The molecule has 0 bridgehead atoms. The number of nitrogens with zero attached hydrogens (tertiary/aromatic N) is 1. The van der Waals surface area contributed by atoms with Crippen molar-refractivity contribution in [2.75, 3.05) is 10.5 Å². The van der Waals surface area contributed by atoms with Gasteiger partial charge in [-0.3, -0.25) is 9.52 Å². The summed E-state index contributed by atoms with van der Waals surface area (Å²) in [4.78, 5) is 15.1. The fraction of sp³-hybridized carbons (Fsp3) is 0.231. The molecular weight excluding hydrogens is 310 g/mol. The molecule has 0 atom stereocenters. The van der Waals surface area contributed by atoms with Crippen molar-refractivity contribution in [1.29, 1.82) is 0 Å². The molecule has 0 aliphatic carbocycles. The smallest absolute Gasteiger partial charge is 0.265 e. The van der Waals surface area contributed by atoms with E-state index in [1.54, 1.807) is 6.07 Å². The van der Waals surface area contributed by atoms with E-state index in [9.17, 15) is 13.2 Å². The van der Waals surface area contributed by atoms with Crippen LogP contribution < -0.4 is 10.5 Å². The molecule has 8 heteroatoms. The molecule has 0 saturated carbocycles. The van der Waals surface area contributed by atoms with Crippen LogP contribution in [0.2, 0.25) is 0 Å². The van der Waals surface area contributed by atoms with Gasteiger partial charge in [-0.15, -0.1) is 11.3 Å². The zero-order valence-corrected chi connectivity index (χ0v) is 13.4. The maximum Gasteiger partial charge on any atom is 0.265 e. The molecule has 2 aromatic rings. The summed E-state index contributed by atoms with van der Waals surface area (Å²) < 4.78 is 27.1. The number of rotatable bonds is 4. The highest BCUT2D eigenvalue weighted by Crippen LogP contribution is 2.26. The average molecular weight is 325 g/mol. The molecule has 0 amide bonds. The summed E-state index contributed by atoms with van der Waals surface area (Å²) in [6, 6.07) is 3.14. The van der Waals surface area contributed by atoms with Crippen molar-refractivity contribution in [3.8, 4) is 0 Å². The highest BCUT2D eigenvalue weighted by molar-refractivity contribution is 7.93. The molecule has 112 valence electrons. The van der Waals surface area contributed by atoms with Crippen molar-refractivity contribution < 1.29 is 13.2 Å². The van der Waals surface area contributed by atoms with Crippen LogP contribution >= 0.6 is 11.3 Å². The van der Waals surface area contributed by atoms with Gasteiger partial charge in [0.05, 0.1) is 5.69 Å². The molecule has 1 heterocycles. The highest BCUT2D eigenvalue weighted by atomic mass is 32.2. The molecule has 1 aromatic heterocycles. The number of anilines is 2. The molecule has 21 heavy (non-hydrogen) atoms. The molecule has 0 spiro atoms. The summed E-state index contributed by atoms with van der Waals surface area (Å²) >= 11 is 1.05. The Morgan fingerprint density at radius 2 is 1.90 bits per heavy atom. The van der Waals surface area contributed by atoms with Crippen LogP contribution in [0.5, 0.6) is 0 Å². The number of nitrogens with one attached hydrogen (secondary N) is 1. The van der Waals surface area contributed by atoms with E-state index in [1.807, 2.05) is 13.8 Å². The predicted molar refractivity (Wildman–Crippen MR) is 83.3 cm³/mol. The molecule has 0 aliphatic heterocycles. The van der Waals surface area contributed by atoms with Gasteiger partial charge < -0.3 is 5.73 Å². The number of nitrogen functional groups attached to an aromatic ring is 1. The summed E-state index contributed by atoms with van der Waals surface area (Å²) in [6.07, 6.45) is 0. The Balaban J connectivity index is 2.38. The Kier molecular flexibility index (Phi) is 4.02. The summed E-state index contributed by atoms with van der Waals surface area (Å²) in [6.45, 7) is 5.04. The van der Waals surface area contributed by atoms with E-state index in [4.69, 9.17) is 5.73 Å². The van der Waals surface area contributed by atoms with Crippen LogP contribution in [0.3, 0.4) is 0 Å². The van der Waals surface area contributed by atoms with Crippen molar-refractivity contribution in [3.63, 3.8) is 0 Å². The minimum absolute atomic E-state index is 0.00479. The lowest BCUT2D eigenvalue weighted by Crippen LogP contribution is -2.15. The number of aryl methyl sites for hydroxylation is 2. The monoisotopic (exact) mass is 325 g/mol. The Morgan fingerprint density at radius 3 is 2.48 bits per heavy atom. The van der Waals surface area contributed by atoms with Gasteiger partial charge in [-0.2, -0.15) is 0 Å². The number of ketones is 1. The lowest BCUT2D eigenvalue weighted by Gasteiger charge is -2.10. The van der Waals surface area contributed by atoms with Gasteiger partial charge in [0.2, 0.25) is 0 Å². The minimum Gasteiger partial charge on any atom is -0.398 e. The molecule has 0 fully saturated rings. The van der Waals surface area contributed by atoms with Crippen molar-refractivity contribution in [2.24, 2.45) is 0 Å². The van der Waals surface area contributed by atoms with Gasteiger partial charge in [0.25, 0.3) is 10.0 Å². The van der Waals surface area contributed by atoms with E-state index < -0.39 is 10.0 Å². The van der Waals surface area contributed by atoms with Crippen LogP contribution in [0, 0.1) is 13.8 Å². The van der Waals surface area contributed by atoms with Crippen LogP contribution in [-0.4, -0.2) is 19.2 Å². The number of carbonyl (C=O) groups is 1. The molecular formula is C13H15N3O3S2. The predicted octanol–water partition coefficient (Wildman–Crippen LogP) is 2.35. The van der Waals surface area contributed by atoms with Crippen LogP contribution in [0.1, 0.15) is 28.5 Å². The summed E-state index contributed by atoms with van der Waals surface area (Å²) in [7, 11) is -3.83. The molecule has 2 rings (SSSR count). The summed E-state index contributed by atoms with van der Waals surface area (Å²) in [5.74, 6) is -0.220. The van der Waals surface area contributed by atoms with Crippen molar-refractivity contribution in [2.45, 2.75) is 25.7 Å². The first-order chi connectivity index (χ1) is 9.70. The van der Waals surface area contributed by atoms with E-state index in [2.05, 4.69) is 9.71 Å². The van der Waals surface area contributed by atoms with Crippen LogP contribution in [0.25, 0.3) is 0 Å². The van der Waals surface area contributed by atoms with Crippen LogP contribution in [-0.2, 0) is 10.0 Å². The van der Waals surface area contributed by atoms with Crippen LogP contribution in [0.4, 0.5) is 10.8 Å². The highest BCUT2D eigenvalue weighted by Gasteiger charge is 2.20. The van der Waals surface area contributed by atoms with Gasteiger partial charge >= 0.3 is 0 Å². The summed E-state index contributed by atoms with van der Waals surface area (Å²) in [5, 5.41) is 1.64. The fourth-order valence-electron chi connectivity index (χ4n) is 1.70. The number of hydrogen-bond acceptors (Lipinski definition) is 6. The van der Waals surface area contributed by atoms with E-state index in [1.165, 1.54) is 18.4 Å². The fourth-order valence-corrected chi connectivity index (χ4v) is 3.90. The number of carbonyl (C=O) groups excluding carboxylic acids is 1. The average Bonchev–Trinajstić information content (AvgIpc) is 2.81. The first-order valence-electron chi connectivity index (χ1n) is 6.06. The molecule has 0 unspecified atom stereocenters. The Morgan fingerprint density at radius 1 is 1.29 bits per heavy atom. The van der Waals surface area contributed by atoms with Gasteiger partial charge in [-0.25, -0.2) is 13.4 Å². The number of aromatic nitrogens is 1. The van der Waals surface area contributed by atoms with Crippen molar-refractivity contribution in [1.82, 2.24) is 4.98 Å². The number of hydrogen-bond donors (Lipinski definition) is 2. The second-order valence-corrected chi connectivity index (χ2v) is 7.18. The summed E-state index contributed by atoms with van der Waals surface area (Å²) in [5.41, 5.74) is 7.94. The van der Waals surface area contributed by atoms with E-state index >= 15 is 0 Å². The van der Waals surface area contributed by atoms with Crippen LogP contribution in [0.15, 0.2) is 22.4 Å². The van der Waals surface area contributed by atoms with Gasteiger partial charge in [0, 0.05) is 12.3 Å². The first kappa shape index (κ1) is 15.5. The largest absolute Gasteiger partial charge is 0.398 e. The minimum atomic E-state index is -3.83. The molecule has 6 nitrogen and oxygen atoms in total. The lowest BCUT2D eigenvalue weighted by molar-refractivity contribution is 0.101. The number of sulfonamides is 1. The van der Waals surface area contributed by atoms with Crippen molar-refractivity contribution in [3.05, 3.63) is 34.3 Å². The SMILES string of the molecule is CC(=O)c1csc(NS(=O)(=O)c2cc(C)c(C)cc2N)n1. The number of thiazole rings is 1. The molecule has 3 N–H and O–H groups in total. The zero-order chi connectivity index (χ0) is 15.8. The standard InChI is InChI=1S/C13H15N3O3S2/c1-7-4-10(14)12(5-8(7)2)21(18,19)16-13-15-11(6-20-13)9(3)17/h4-6H,14H2,1-3H3,(H,15,16). The number of benzene rings is 1. The Hall–Kier alpha value is -1.93. The first-order valence-corrected chi connectivity index (χ1v) is 8.43. The van der Waals surface area contributed by atoms with Gasteiger partial charge in [0.15, 0.2) is 10.9 Å². The molecule has 0 radical (unpaired) electrons. The Labute approximate surface area is 127 Å². The zero-order valence-electron chi connectivity index (χ0n) is 11.8. The van der Waals surface area contributed by atoms with Gasteiger partial charge in [0.1, 0.15) is 10.6 Å². The number of nitrogens with two attached hydrogens (primary N) is 1. The van der Waals surface area contributed by atoms with Crippen molar-refractivity contribution >= 4 is 38.0 Å². The van der Waals surface area contributed by atoms with Gasteiger partial charge in [-0.05, 0) is 37.1 Å². The van der Waals surface area contributed by atoms with E-state index in [-0.39, 0.29) is 27.2 Å². The van der Waals surface area contributed by atoms with E-state index in [0.29, 0.717) is 0 Å².